The largest absolute Gasteiger partial charge is 0.272 e. The lowest BCUT2D eigenvalue weighted by Gasteiger charge is -2.31. The van der Waals surface area contributed by atoms with Gasteiger partial charge in [0.25, 0.3) is 5.91 Å². The van der Waals surface area contributed by atoms with Gasteiger partial charge in [-0.2, -0.15) is 9.41 Å². The van der Waals surface area contributed by atoms with Crippen molar-refractivity contribution in [2.75, 3.05) is 12.8 Å². The molecule has 1 aliphatic rings. The van der Waals surface area contributed by atoms with Gasteiger partial charge in [-0.15, -0.1) is 0 Å². The Hall–Kier alpha value is -1.73. The Morgan fingerprint density at radius 3 is 2.30 bits per heavy atom. The number of nitrogens with one attached hydrogen (secondary N) is 1. The Kier molecular flexibility index (Phi) is 7.17. The van der Waals surface area contributed by atoms with E-state index in [9.17, 15) is 13.2 Å². The van der Waals surface area contributed by atoms with Gasteiger partial charge in [0.1, 0.15) is 0 Å². The third-order valence-electron chi connectivity index (χ3n) is 4.89. The first-order chi connectivity index (χ1) is 12.6. The summed E-state index contributed by atoms with van der Waals surface area (Å²) in [7, 11) is -3.43. The van der Waals surface area contributed by atoms with Crippen molar-refractivity contribution in [1.29, 1.82) is 0 Å². The van der Waals surface area contributed by atoms with E-state index in [-0.39, 0.29) is 18.0 Å². The molecule has 27 heavy (non-hydrogen) atoms. The molecule has 6 nitrogen and oxygen atoms in total. The van der Waals surface area contributed by atoms with Gasteiger partial charge in [-0.1, -0.05) is 64.3 Å². The molecule has 1 N–H and O–H groups in total. The number of rotatable bonds is 6. The summed E-state index contributed by atoms with van der Waals surface area (Å²) in [4.78, 5) is 12.2. The van der Waals surface area contributed by atoms with Gasteiger partial charge in [-0.25, -0.2) is 13.8 Å². The first-order valence-electron chi connectivity index (χ1n) is 9.46. The second-order valence-corrected chi connectivity index (χ2v) is 10.2. The van der Waals surface area contributed by atoms with Crippen LogP contribution < -0.4 is 5.43 Å². The molecule has 7 heteroatoms. The predicted molar refractivity (Wildman–Crippen MR) is 109 cm³/mol. The zero-order chi connectivity index (χ0) is 20.1. The maximum absolute atomic E-state index is 12.2. The standard InChI is InChI=1S/C20H31N3O3S/c1-20(2,3)17-12-10-16(11-13-17)14-21-22-19(24)15-23(27(4,25)26)18-8-6-5-7-9-18/h10-14,18H,5-9,15H2,1-4H3,(H,22,24). The number of hydrogen-bond donors (Lipinski definition) is 1. The molecule has 0 aliphatic heterocycles. The van der Waals surface area contributed by atoms with E-state index in [1.165, 1.54) is 9.87 Å². The van der Waals surface area contributed by atoms with E-state index in [4.69, 9.17) is 0 Å². The van der Waals surface area contributed by atoms with Crippen molar-refractivity contribution in [2.45, 2.75) is 64.3 Å². The fourth-order valence-electron chi connectivity index (χ4n) is 3.31. The summed E-state index contributed by atoms with van der Waals surface area (Å²) in [5, 5.41) is 3.97. The predicted octanol–water partition coefficient (Wildman–Crippen LogP) is 3.03. The van der Waals surface area contributed by atoms with Crippen molar-refractivity contribution in [1.82, 2.24) is 9.73 Å². The summed E-state index contributed by atoms with van der Waals surface area (Å²) in [6.45, 7) is 6.26. The van der Waals surface area contributed by atoms with E-state index < -0.39 is 15.9 Å². The van der Waals surface area contributed by atoms with E-state index >= 15 is 0 Å². The topological polar surface area (TPSA) is 78.8 Å². The lowest BCUT2D eigenvalue weighted by Crippen LogP contribution is -2.45. The Morgan fingerprint density at radius 1 is 1.19 bits per heavy atom. The van der Waals surface area contributed by atoms with Crippen LogP contribution in [-0.2, 0) is 20.2 Å². The molecule has 0 bridgehead atoms. The van der Waals surface area contributed by atoms with Gasteiger partial charge < -0.3 is 0 Å². The second-order valence-electron chi connectivity index (χ2n) is 8.27. The Balaban J connectivity index is 1.94. The monoisotopic (exact) mass is 393 g/mol. The minimum atomic E-state index is -3.43. The molecule has 0 unspecified atom stereocenters. The molecule has 1 amide bonds. The molecule has 0 aromatic heterocycles. The van der Waals surface area contributed by atoms with E-state index in [0.29, 0.717) is 0 Å². The third-order valence-corrected chi connectivity index (χ3v) is 6.17. The Morgan fingerprint density at radius 2 is 1.78 bits per heavy atom. The smallest absolute Gasteiger partial charge is 0.255 e. The van der Waals surface area contributed by atoms with Crippen LogP contribution >= 0.6 is 0 Å². The molecule has 0 atom stereocenters. The first kappa shape index (κ1) is 21.6. The van der Waals surface area contributed by atoms with Crippen LogP contribution in [0.15, 0.2) is 29.4 Å². The van der Waals surface area contributed by atoms with Crippen molar-refractivity contribution in [2.24, 2.45) is 5.10 Å². The summed E-state index contributed by atoms with van der Waals surface area (Å²) in [5.74, 6) is -0.423. The molecule has 1 saturated carbocycles. The second kappa shape index (κ2) is 8.97. The van der Waals surface area contributed by atoms with Crippen LogP contribution in [0.25, 0.3) is 0 Å². The number of sulfonamides is 1. The average molecular weight is 394 g/mol. The van der Waals surface area contributed by atoms with Gasteiger partial charge in [-0.3, -0.25) is 4.79 Å². The normalized spacial score (nSPS) is 16.8. The lowest BCUT2D eigenvalue weighted by molar-refractivity contribution is -0.121. The van der Waals surface area contributed by atoms with Crippen LogP contribution in [0.1, 0.15) is 64.0 Å². The highest BCUT2D eigenvalue weighted by molar-refractivity contribution is 7.88. The molecular weight excluding hydrogens is 362 g/mol. The van der Waals surface area contributed by atoms with Crippen LogP contribution in [0.3, 0.4) is 0 Å². The number of hydrazone groups is 1. The molecule has 0 heterocycles. The highest BCUT2D eigenvalue weighted by atomic mass is 32.2. The summed E-state index contributed by atoms with van der Waals surface area (Å²) in [6.07, 6.45) is 7.47. The number of nitrogens with zero attached hydrogens (tertiary/aromatic N) is 2. The van der Waals surface area contributed by atoms with E-state index in [0.717, 1.165) is 43.9 Å². The van der Waals surface area contributed by atoms with Crippen molar-refractivity contribution in [3.63, 3.8) is 0 Å². The van der Waals surface area contributed by atoms with Gasteiger partial charge in [-0.05, 0) is 29.4 Å². The van der Waals surface area contributed by atoms with Crippen LogP contribution in [0.2, 0.25) is 0 Å². The molecule has 0 radical (unpaired) electrons. The fourth-order valence-corrected chi connectivity index (χ4v) is 4.42. The molecule has 0 spiro atoms. The number of carbonyl (C=O) groups excluding carboxylic acids is 1. The molecule has 1 fully saturated rings. The van der Waals surface area contributed by atoms with Crippen LogP contribution in [0, 0.1) is 0 Å². The zero-order valence-corrected chi connectivity index (χ0v) is 17.6. The maximum atomic E-state index is 12.2. The summed E-state index contributed by atoms with van der Waals surface area (Å²) >= 11 is 0. The molecule has 1 aromatic carbocycles. The van der Waals surface area contributed by atoms with Gasteiger partial charge >= 0.3 is 0 Å². The summed E-state index contributed by atoms with van der Waals surface area (Å²) < 4.78 is 25.5. The summed E-state index contributed by atoms with van der Waals surface area (Å²) in [5.41, 5.74) is 4.62. The number of amides is 1. The Labute approximate surface area is 163 Å². The minimum Gasteiger partial charge on any atom is -0.272 e. The molecule has 150 valence electrons. The van der Waals surface area contributed by atoms with E-state index in [1.54, 1.807) is 6.21 Å². The molecule has 0 saturated heterocycles. The first-order valence-corrected chi connectivity index (χ1v) is 11.3. The van der Waals surface area contributed by atoms with Gasteiger partial charge in [0, 0.05) is 6.04 Å². The minimum absolute atomic E-state index is 0.0815. The lowest BCUT2D eigenvalue weighted by atomic mass is 9.87. The average Bonchev–Trinajstić information content (AvgIpc) is 2.59. The number of hydrogen-bond acceptors (Lipinski definition) is 4. The van der Waals surface area contributed by atoms with Crippen molar-refractivity contribution in [3.05, 3.63) is 35.4 Å². The highest BCUT2D eigenvalue weighted by Gasteiger charge is 2.29. The van der Waals surface area contributed by atoms with Crippen LogP contribution in [-0.4, -0.2) is 43.7 Å². The Bertz CT molecular complexity index is 759. The highest BCUT2D eigenvalue weighted by Crippen LogP contribution is 2.24. The number of benzene rings is 1. The third kappa shape index (κ3) is 6.74. The molecule has 2 rings (SSSR count). The van der Waals surface area contributed by atoms with E-state index in [1.807, 2.05) is 24.3 Å². The van der Waals surface area contributed by atoms with Gasteiger partial charge in [0.05, 0.1) is 19.0 Å². The molecule has 1 aromatic rings. The quantitative estimate of drug-likeness (QED) is 0.596. The van der Waals surface area contributed by atoms with Crippen molar-refractivity contribution < 1.29 is 13.2 Å². The SMILES string of the molecule is CC(C)(C)c1ccc(C=NNC(=O)CN(C2CCCCC2)S(C)(=O)=O)cc1. The van der Waals surface area contributed by atoms with Crippen LogP contribution in [0.4, 0.5) is 0 Å². The van der Waals surface area contributed by atoms with Crippen LogP contribution in [0.5, 0.6) is 0 Å². The van der Waals surface area contributed by atoms with Gasteiger partial charge in [0.15, 0.2) is 0 Å². The number of carbonyl (C=O) groups is 1. The van der Waals surface area contributed by atoms with Crippen molar-refractivity contribution in [3.8, 4) is 0 Å². The van der Waals surface area contributed by atoms with E-state index in [2.05, 4.69) is 31.3 Å². The van der Waals surface area contributed by atoms with Gasteiger partial charge in [0.2, 0.25) is 10.0 Å². The zero-order valence-electron chi connectivity index (χ0n) is 16.7. The summed E-state index contributed by atoms with van der Waals surface area (Å²) in [6, 6.07) is 7.88. The molecule has 1 aliphatic carbocycles. The fraction of sp³-hybridized carbons (Fsp3) is 0.600. The van der Waals surface area contributed by atoms with Crippen molar-refractivity contribution >= 4 is 22.1 Å². The maximum Gasteiger partial charge on any atom is 0.255 e. The molecular formula is C20H31N3O3S.